The van der Waals surface area contributed by atoms with E-state index in [-0.39, 0.29) is 10.4 Å². The number of aromatic amines is 1. The molecule has 1 N–H and O–H groups in total. The molecule has 0 fully saturated rings. The van der Waals surface area contributed by atoms with Crippen molar-refractivity contribution in [3.8, 4) is 27.8 Å². The van der Waals surface area contributed by atoms with Crippen LogP contribution >= 0.6 is 11.3 Å². The van der Waals surface area contributed by atoms with Gasteiger partial charge in [0.2, 0.25) is 0 Å². The lowest BCUT2D eigenvalue weighted by molar-refractivity contribution is -0.136. The molecule has 0 amide bonds. The minimum absolute atomic E-state index is 0.208. The average Bonchev–Trinajstić information content (AvgIpc) is 3.27. The number of benzene rings is 2. The van der Waals surface area contributed by atoms with Crippen molar-refractivity contribution in [1.29, 1.82) is 5.26 Å². The first-order valence-electron chi connectivity index (χ1n) is 7.49. The lowest BCUT2D eigenvalue weighted by Gasteiger charge is -2.06. The van der Waals surface area contributed by atoms with Crippen LogP contribution in [0.5, 0.6) is 0 Å². The molecule has 0 bridgehead atoms. The largest absolute Gasteiger partial charge is 0.417 e. The van der Waals surface area contributed by atoms with Gasteiger partial charge in [0.1, 0.15) is 11.8 Å². The van der Waals surface area contributed by atoms with Gasteiger partial charge in [-0.3, -0.25) is 0 Å². The van der Waals surface area contributed by atoms with Gasteiger partial charge in [-0.25, -0.2) is 5.10 Å². The summed E-state index contributed by atoms with van der Waals surface area (Å²) in [6.07, 6.45) is -4.40. The highest BCUT2D eigenvalue weighted by Crippen LogP contribution is 2.42. The number of hydrogen-bond donors (Lipinski definition) is 1. The zero-order chi connectivity index (χ0) is 18.3. The second-order valence-electron chi connectivity index (χ2n) is 5.56. The summed E-state index contributed by atoms with van der Waals surface area (Å²) in [5.41, 5.74) is 1.43. The molecule has 0 atom stereocenters. The molecule has 128 valence electrons. The summed E-state index contributed by atoms with van der Waals surface area (Å²) in [6, 6.07) is 15.0. The van der Waals surface area contributed by atoms with Crippen molar-refractivity contribution in [2.24, 2.45) is 0 Å². The van der Waals surface area contributed by atoms with E-state index in [0.717, 1.165) is 23.0 Å². The first-order chi connectivity index (χ1) is 12.5. The highest BCUT2D eigenvalue weighted by molar-refractivity contribution is 7.22. The third kappa shape index (κ3) is 2.72. The van der Waals surface area contributed by atoms with Gasteiger partial charge in [-0.2, -0.15) is 18.4 Å². The molecule has 4 rings (SSSR count). The first kappa shape index (κ1) is 16.3. The summed E-state index contributed by atoms with van der Waals surface area (Å²) in [4.78, 5) is 0.709. The molecule has 2 heterocycles. The highest BCUT2D eigenvalue weighted by Gasteiger charge is 2.33. The van der Waals surface area contributed by atoms with E-state index < -0.39 is 11.7 Å². The number of nitriles is 1. The topological polar surface area (TPSA) is 65.4 Å². The van der Waals surface area contributed by atoms with Gasteiger partial charge in [0.25, 0.3) is 0 Å². The van der Waals surface area contributed by atoms with E-state index in [1.165, 1.54) is 6.07 Å². The summed E-state index contributed by atoms with van der Waals surface area (Å²) in [6.45, 7) is 0. The minimum atomic E-state index is -4.40. The van der Waals surface area contributed by atoms with Gasteiger partial charge in [0.15, 0.2) is 5.69 Å². The van der Waals surface area contributed by atoms with Crippen molar-refractivity contribution in [3.63, 3.8) is 0 Å². The number of halogens is 3. The van der Waals surface area contributed by atoms with E-state index in [1.807, 2.05) is 12.1 Å². The Morgan fingerprint density at radius 2 is 1.81 bits per heavy atom. The average molecular weight is 370 g/mol. The van der Waals surface area contributed by atoms with E-state index in [9.17, 15) is 13.2 Å². The highest BCUT2D eigenvalue weighted by atomic mass is 32.1. The van der Waals surface area contributed by atoms with E-state index in [2.05, 4.69) is 15.4 Å². The van der Waals surface area contributed by atoms with Crippen molar-refractivity contribution < 1.29 is 13.2 Å². The maximum absolute atomic E-state index is 13.2. The molecule has 0 saturated carbocycles. The van der Waals surface area contributed by atoms with Crippen molar-refractivity contribution >= 4 is 21.4 Å². The van der Waals surface area contributed by atoms with Crippen molar-refractivity contribution in [3.05, 3.63) is 59.8 Å². The van der Waals surface area contributed by atoms with Crippen LogP contribution in [0, 0.1) is 11.3 Å². The number of aromatic nitrogens is 3. The Labute approximate surface area is 149 Å². The van der Waals surface area contributed by atoms with Crippen molar-refractivity contribution in [2.75, 3.05) is 0 Å². The molecule has 4 aromatic rings. The monoisotopic (exact) mass is 370 g/mol. The van der Waals surface area contributed by atoms with Crippen molar-refractivity contribution in [1.82, 2.24) is 15.4 Å². The van der Waals surface area contributed by atoms with Crippen LogP contribution in [-0.4, -0.2) is 15.4 Å². The number of thiophene rings is 1. The zero-order valence-corrected chi connectivity index (χ0v) is 13.8. The molecule has 0 aliphatic carbocycles. The molecule has 0 aliphatic rings. The molecule has 0 radical (unpaired) electrons. The van der Waals surface area contributed by atoms with Crippen LogP contribution in [0.25, 0.3) is 31.8 Å². The molecular weight excluding hydrogens is 361 g/mol. The molecule has 0 unspecified atom stereocenters. The summed E-state index contributed by atoms with van der Waals surface area (Å²) >= 11 is 1.09. The number of alkyl halides is 3. The van der Waals surface area contributed by atoms with Gasteiger partial charge >= 0.3 is 6.18 Å². The number of rotatable bonds is 2. The lowest BCUT2D eigenvalue weighted by Crippen LogP contribution is -2.04. The van der Waals surface area contributed by atoms with Gasteiger partial charge in [-0.1, -0.05) is 35.5 Å². The number of hydrogen-bond acceptors (Lipinski definition) is 4. The molecule has 8 heteroatoms. The van der Waals surface area contributed by atoms with E-state index in [4.69, 9.17) is 5.26 Å². The fourth-order valence-electron chi connectivity index (χ4n) is 2.76. The Morgan fingerprint density at radius 3 is 2.58 bits per heavy atom. The van der Waals surface area contributed by atoms with E-state index in [1.54, 1.807) is 30.3 Å². The zero-order valence-electron chi connectivity index (χ0n) is 13.0. The Balaban J connectivity index is 1.84. The SMILES string of the molecule is N#Cc1[nH]nnc1-c1cccc(-c2cc3cccc(C(F)(F)F)c3s2)c1. The van der Waals surface area contributed by atoms with Gasteiger partial charge in [-0.05, 0) is 29.1 Å². The Hall–Kier alpha value is -3.18. The molecule has 0 spiro atoms. The molecule has 0 saturated heterocycles. The Kier molecular flexibility index (Phi) is 3.74. The summed E-state index contributed by atoms with van der Waals surface area (Å²) in [5.74, 6) is 0. The maximum Gasteiger partial charge on any atom is 0.417 e. The first-order valence-corrected chi connectivity index (χ1v) is 8.31. The quantitative estimate of drug-likeness (QED) is 0.524. The molecule has 0 aliphatic heterocycles. The fourth-order valence-corrected chi connectivity index (χ4v) is 3.95. The van der Waals surface area contributed by atoms with Crippen LogP contribution in [0.1, 0.15) is 11.3 Å². The second kappa shape index (κ2) is 5.97. The lowest BCUT2D eigenvalue weighted by atomic mass is 10.1. The molecular formula is C18H9F3N4S. The summed E-state index contributed by atoms with van der Waals surface area (Å²) in [7, 11) is 0. The predicted octanol–water partition coefficient (Wildman–Crippen LogP) is 5.24. The third-order valence-corrected chi connectivity index (χ3v) is 5.16. The van der Waals surface area contributed by atoms with Crippen LogP contribution in [0.15, 0.2) is 48.5 Å². The number of fused-ring (bicyclic) bond motifs is 1. The fraction of sp³-hybridized carbons (Fsp3) is 0.0556. The maximum atomic E-state index is 13.2. The molecule has 2 aromatic heterocycles. The smallest absolute Gasteiger partial charge is 0.247 e. The number of nitrogens with one attached hydrogen (secondary N) is 1. The van der Waals surface area contributed by atoms with Crippen LogP contribution in [0.3, 0.4) is 0 Å². The Morgan fingerprint density at radius 1 is 1.04 bits per heavy atom. The van der Waals surface area contributed by atoms with Crippen LogP contribution in [-0.2, 0) is 6.18 Å². The van der Waals surface area contributed by atoms with E-state index in [0.29, 0.717) is 21.5 Å². The number of H-pyrrole nitrogens is 1. The molecule has 2 aromatic carbocycles. The molecule has 26 heavy (non-hydrogen) atoms. The van der Waals surface area contributed by atoms with Crippen LogP contribution < -0.4 is 0 Å². The Bertz CT molecular complexity index is 1150. The van der Waals surface area contributed by atoms with Gasteiger partial charge in [0, 0.05) is 15.1 Å². The number of nitrogens with zero attached hydrogens (tertiary/aromatic N) is 3. The predicted molar refractivity (Wildman–Crippen MR) is 92.4 cm³/mol. The van der Waals surface area contributed by atoms with Gasteiger partial charge in [-0.15, -0.1) is 16.4 Å². The molecule has 4 nitrogen and oxygen atoms in total. The van der Waals surface area contributed by atoms with E-state index >= 15 is 0 Å². The second-order valence-corrected chi connectivity index (χ2v) is 6.61. The standard InChI is InChI=1S/C18H9F3N4S/c19-18(20,21)13-6-2-5-12-8-15(26-17(12)13)10-3-1-4-11(7-10)16-14(9-22)23-25-24-16/h1-8H,(H,23,24,25). The van der Waals surface area contributed by atoms with Crippen molar-refractivity contribution in [2.45, 2.75) is 6.18 Å². The minimum Gasteiger partial charge on any atom is -0.247 e. The van der Waals surface area contributed by atoms with Crippen LogP contribution in [0.4, 0.5) is 13.2 Å². The van der Waals surface area contributed by atoms with Gasteiger partial charge < -0.3 is 0 Å². The van der Waals surface area contributed by atoms with Crippen LogP contribution in [0.2, 0.25) is 0 Å². The van der Waals surface area contributed by atoms with Gasteiger partial charge in [0.05, 0.1) is 5.56 Å². The normalized spacial score (nSPS) is 11.6. The summed E-state index contributed by atoms with van der Waals surface area (Å²) in [5, 5.41) is 19.7. The summed E-state index contributed by atoms with van der Waals surface area (Å²) < 4.78 is 39.9. The third-order valence-electron chi connectivity index (χ3n) is 3.93.